The molecule has 0 N–H and O–H groups in total. The van der Waals surface area contributed by atoms with Crippen molar-refractivity contribution in [2.24, 2.45) is 5.92 Å². The maximum Gasteiger partial charge on any atom is -1.00 e. The van der Waals surface area contributed by atoms with Gasteiger partial charge in [0.15, 0.2) is 0 Å². The third-order valence-corrected chi connectivity index (χ3v) is 15.8. The van der Waals surface area contributed by atoms with Gasteiger partial charge in [-0.3, -0.25) is 0 Å². The number of hydrogen-bond acceptors (Lipinski definition) is 0. The minimum absolute atomic E-state index is 0. The average Bonchev–Trinajstić information content (AvgIpc) is 3.41. The SMILES string of the molecule is CCc1cc(CC)cc([Si](C2=[C]([Ti+3])C(C(C)CC)=CC2)(c2cc(CC)cc(CC)c2)c2cc(CC)cc(CC)c2)c1.[Cl-].[Cl-].[Cl-]. The van der Waals surface area contributed by atoms with Crippen LogP contribution in [0, 0.1) is 5.92 Å². The first-order valence-corrected chi connectivity index (χ1v) is 19.1. The Hall–Kier alpha value is -1.06. The fourth-order valence-corrected chi connectivity index (χ4v) is 13.7. The van der Waals surface area contributed by atoms with Crippen molar-refractivity contribution in [1.82, 2.24) is 0 Å². The van der Waals surface area contributed by atoms with Crippen molar-refractivity contribution in [3.63, 3.8) is 0 Å². The summed E-state index contributed by atoms with van der Waals surface area (Å²) in [6.07, 6.45) is 11.3. The van der Waals surface area contributed by atoms with Crippen LogP contribution < -0.4 is 52.8 Å². The van der Waals surface area contributed by atoms with E-state index >= 15 is 0 Å². The number of hydrogen-bond donors (Lipinski definition) is 0. The topological polar surface area (TPSA) is 0 Å². The molecular weight excluding hydrogens is 651 g/mol. The van der Waals surface area contributed by atoms with Crippen molar-refractivity contribution < 1.29 is 57.7 Å². The minimum Gasteiger partial charge on any atom is -1.00 e. The molecule has 0 heterocycles. The number of allylic oxidation sites excluding steroid dienone is 4. The maximum absolute atomic E-state index is 2.61. The summed E-state index contributed by atoms with van der Waals surface area (Å²) in [6, 6.07) is 23.1. The monoisotopic (exact) mass is 700 g/mol. The second kappa shape index (κ2) is 18.3. The predicted molar refractivity (Wildman–Crippen MR) is 179 cm³/mol. The van der Waals surface area contributed by atoms with Gasteiger partial charge in [0.2, 0.25) is 0 Å². The van der Waals surface area contributed by atoms with Gasteiger partial charge in [0, 0.05) is 0 Å². The zero-order valence-corrected chi connectivity index (χ0v) is 33.0. The molecule has 4 rings (SSSR count). The molecule has 1 aliphatic carbocycles. The Morgan fingerprint density at radius 3 is 1.09 bits per heavy atom. The first kappa shape index (κ1) is 41.0. The smallest absolute Gasteiger partial charge is 1.00 e. The molecular formula is C39H51Cl3SiTi. The van der Waals surface area contributed by atoms with Crippen molar-refractivity contribution in [3.8, 4) is 0 Å². The first-order valence-electron chi connectivity index (χ1n) is 16.3. The van der Waals surface area contributed by atoms with Gasteiger partial charge in [0.1, 0.15) is 0 Å². The standard InChI is InChI=1S/C39H51Si.3ClH.Ti/c1-9-28(8)35-16-17-36(27-35)40(37-21-29(10-2)18-30(11-3)22-37,38-23-31(12-4)19-32(13-5)24-38)39-25-33(14-6)20-34(15-7)26-39;;;;/h16,18-26,28H,9-15,17H2,1-8H3;3*1H;/q;;;;+3/p-3. The fourth-order valence-electron chi connectivity index (χ4n) is 6.78. The molecule has 0 saturated carbocycles. The molecule has 0 nitrogen and oxygen atoms in total. The van der Waals surface area contributed by atoms with Crippen LogP contribution in [0.5, 0.6) is 0 Å². The molecule has 0 amide bonds. The van der Waals surface area contributed by atoms with Crippen LogP contribution in [-0.4, -0.2) is 8.07 Å². The molecule has 0 fully saturated rings. The molecule has 0 radical (unpaired) electrons. The quantitative estimate of drug-likeness (QED) is 0.173. The Morgan fingerprint density at radius 1 is 0.545 bits per heavy atom. The van der Waals surface area contributed by atoms with Crippen molar-refractivity contribution >= 4 is 23.6 Å². The second-order valence-electron chi connectivity index (χ2n) is 12.0. The number of rotatable bonds is 12. The molecule has 1 aliphatic rings. The van der Waals surface area contributed by atoms with E-state index in [2.05, 4.69) is 136 Å². The maximum atomic E-state index is 2.61. The van der Waals surface area contributed by atoms with E-state index in [4.69, 9.17) is 0 Å². The van der Waals surface area contributed by atoms with Gasteiger partial charge < -0.3 is 37.2 Å². The van der Waals surface area contributed by atoms with Crippen LogP contribution in [0.3, 0.4) is 0 Å². The molecule has 0 saturated heterocycles. The minimum atomic E-state index is -2.61. The van der Waals surface area contributed by atoms with E-state index in [-0.39, 0.29) is 37.2 Å². The summed E-state index contributed by atoms with van der Waals surface area (Å²) in [5.41, 5.74) is 10.5. The largest absolute Gasteiger partial charge is 1.00 e. The average molecular weight is 702 g/mol. The van der Waals surface area contributed by atoms with Crippen LogP contribution in [0.1, 0.15) is 102 Å². The molecule has 0 aromatic heterocycles. The zero-order chi connectivity index (χ0) is 29.7. The second-order valence-corrected chi connectivity index (χ2v) is 16.6. The van der Waals surface area contributed by atoms with Gasteiger partial charge in [-0.1, -0.05) is 0 Å². The van der Waals surface area contributed by atoms with E-state index in [1.54, 1.807) is 30.2 Å². The van der Waals surface area contributed by atoms with Crippen LogP contribution in [0.25, 0.3) is 0 Å². The van der Waals surface area contributed by atoms with Gasteiger partial charge in [-0.25, -0.2) is 0 Å². The number of halogens is 3. The number of aryl methyl sites for hydroxylation is 6. The van der Waals surface area contributed by atoms with Gasteiger partial charge in [0.05, 0.1) is 0 Å². The Kier molecular flexibility index (Phi) is 17.1. The number of benzene rings is 3. The van der Waals surface area contributed by atoms with Crippen molar-refractivity contribution in [3.05, 3.63) is 109 Å². The van der Waals surface area contributed by atoms with Crippen molar-refractivity contribution in [2.75, 3.05) is 0 Å². The van der Waals surface area contributed by atoms with Crippen molar-refractivity contribution in [1.29, 1.82) is 0 Å². The molecule has 0 aliphatic heterocycles. The van der Waals surface area contributed by atoms with Gasteiger partial charge in [0.25, 0.3) is 0 Å². The molecule has 3 aromatic rings. The zero-order valence-electron chi connectivity index (χ0n) is 28.1. The molecule has 44 heavy (non-hydrogen) atoms. The van der Waals surface area contributed by atoms with Crippen LogP contribution in [0.4, 0.5) is 0 Å². The summed E-state index contributed by atoms with van der Waals surface area (Å²) >= 11 is 2.46. The third-order valence-electron chi connectivity index (χ3n) is 9.62. The fraction of sp³-hybridized carbons (Fsp3) is 0.436. The van der Waals surface area contributed by atoms with E-state index in [0.29, 0.717) is 5.92 Å². The van der Waals surface area contributed by atoms with Crippen LogP contribution in [-0.2, 0) is 59.0 Å². The van der Waals surface area contributed by atoms with Gasteiger partial charge in [-0.05, 0) is 0 Å². The van der Waals surface area contributed by atoms with Crippen molar-refractivity contribution in [2.45, 2.75) is 107 Å². The molecule has 5 heteroatoms. The van der Waals surface area contributed by atoms with E-state index in [1.165, 1.54) is 39.8 Å². The summed E-state index contributed by atoms with van der Waals surface area (Å²) in [7, 11) is -2.61. The van der Waals surface area contributed by atoms with Crippen LogP contribution in [0.2, 0.25) is 0 Å². The van der Waals surface area contributed by atoms with Gasteiger partial charge in [-0.15, -0.1) is 0 Å². The van der Waals surface area contributed by atoms with Gasteiger partial charge in [-0.2, -0.15) is 0 Å². The van der Waals surface area contributed by atoms with Crippen LogP contribution in [0.15, 0.2) is 75.3 Å². The summed E-state index contributed by atoms with van der Waals surface area (Å²) in [6.45, 7) is 18.7. The molecule has 236 valence electrons. The summed E-state index contributed by atoms with van der Waals surface area (Å²) in [5.74, 6) is 0.591. The van der Waals surface area contributed by atoms with Crippen LogP contribution >= 0.6 is 0 Å². The van der Waals surface area contributed by atoms with E-state index in [1.807, 2.05) is 0 Å². The normalized spacial score (nSPS) is 13.5. The molecule has 0 spiro atoms. The summed E-state index contributed by atoms with van der Waals surface area (Å²) < 4.78 is 1.57. The molecule has 1 unspecified atom stereocenters. The van der Waals surface area contributed by atoms with Gasteiger partial charge >= 0.3 is 265 Å². The molecule has 1 atom stereocenters. The Bertz CT molecular complexity index is 1250. The molecule has 3 aromatic carbocycles. The third kappa shape index (κ3) is 8.07. The Labute approximate surface area is 300 Å². The van der Waals surface area contributed by atoms with E-state index in [0.717, 1.165) is 44.9 Å². The summed E-state index contributed by atoms with van der Waals surface area (Å²) in [4.78, 5) is 0. The Morgan fingerprint density at radius 2 is 0.841 bits per heavy atom. The van der Waals surface area contributed by atoms with E-state index in [9.17, 15) is 0 Å². The first-order chi connectivity index (χ1) is 19.8. The summed E-state index contributed by atoms with van der Waals surface area (Å²) in [5, 5.41) is 6.49. The Balaban J connectivity index is 0.00000323. The van der Waals surface area contributed by atoms with E-state index < -0.39 is 8.07 Å². The molecule has 0 bridgehead atoms. The predicted octanol–water partition coefficient (Wildman–Crippen LogP) is -0.740.